The summed E-state index contributed by atoms with van der Waals surface area (Å²) in [6, 6.07) is 42.6. The molecule has 4 nitrogen and oxygen atoms in total. The number of benzene rings is 6. The lowest BCUT2D eigenvalue weighted by Gasteiger charge is -2.09. The predicted molar refractivity (Wildman–Crippen MR) is 181 cm³/mol. The number of para-hydroxylation sites is 4. The summed E-state index contributed by atoms with van der Waals surface area (Å²) in [5.41, 5.74) is 8.22. The molecule has 0 bridgehead atoms. The number of halogens is 1. The normalized spacial score (nSPS) is 12.3. The van der Waals surface area contributed by atoms with E-state index in [2.05, 4.69) is 106 Å². The van der Waals surface area contributed by atoms with Gasteiger partial charge in [-0.2, -0.15) is 0 Å². The summed E-state index contributed by atoms with van der Waals surface area (Å²) in [6.07, 6.45) is 0. The molecule has 0 aliphatic rings. The molecule has 0 fully saturated rings. The van der Waals surface area contributed by atoms with Crippen LogP contribution in [0.3, 0.4) is 0 Å². The third-order valence-electron chi connectivity index (χ3n) is 8.64. The zero-order valence-electron chi connectivity index (χ0n) is 22.6. The van der Waals surface area contributed by atoms with Crippen molar-refractivity contribution in [2.45, 2.75) is 0 Å². The van der Waals surface area contributed by atoms with Gasteiger partial charge in [0.15, 0.2) is 5.13 Å². The molecule has 202 valence electrons. The summed E-state index contributed by atoms with van der Waals surface area (Å²) in [5.74, 6) is 0. The van der Waals surface area contributed by atoms with Crippen LogP contribution in [0.5, 0.6) is 0 Å². The molecule has 4 aromatic heterocycles. The van der Waals surface area contributed by atoms with Gasteiger partial charge in [0.2, 0.25) is 0 Å². The molecule has 0 unspecified atom stereocenters. The Morgan fingerprint density at radius 1 is 0.558 bits per heavy atom. The molecule has 6 heteroatoms. The van der Waals surface area contributed by atoms with Gasteiger partial charge in [-0.05, 0) is 42.5 Å². The molecule has 0 aliphatic heterocycles. The fourth-order valence-corrected chi connectivity index (χ4v) is 8.15. The highest BCUT2D eigenvalue weighted by Crippen LogP contribution is 2.43. The van der Waals surface area contributed by atoms with Crippen LogP contribution in [0.2, 0.25) is 5.02 Å². The topological polar surface area (TPSA) is 35.9 Å². The van der Waals surface area contributed by atoms with Crippen LogP contribution in [0.25, 0.3) is 86.6 Å². The zero-order valence-corrected chi connectivity index (χ0v) is 24.2. The van der Waals surface area contributed by atoms with E-state index in [0.717, 1.165) is 54.0 Å². The number of nitrogens with zero attached hydrogens (tertiary/aromatic N) is 3. The van der Waals surface area contributed by atoms with Crippen molar-refractivity contribution in [1.29, 1.82) is 0 Å². The molecule has 0 atom stereocenters. The first kappa shape index (κ1) is 23.5. The van der Waals surface area contributed by atoms with Gasteiger partial charge >= 0.3 is 0 Å². The summed E-state index contributed by atoms with van der Waals surface area (Å²) in [7, 11) is 0. The van der Waals surface area contributed by atoms with E-state index in [9.17, 15) is 0 Å². The van der Waals surface area contributed by atoms with Crippen molar-refractivity contribution >= 4 is 98.7 Å². The first-order chi connectivity index (χ1) is 21.2. The van der Waals surface area contributed by atoms with Gasteiger partial charge in [-0.15, -0.1) is 0 Å². The lowest BCUT2D eigenvalue weighted by Crippen LogP contribution is -1.95. The second-order valence-corrected chi connectivity index (χ2v) is 12.3. The molecule has 4 heterocycles. The van der Waals surface area contributed by atoms with Crippen molar-refractivity contribution in [3.8, 4) is 10.8 Å². The highest BCUT2D eigenvalue weighted by Gasteiger charge is 2.21. The molecular weight excluding hydrogens is 570 g/mol. The van der Waals surface area contributed by atoms with Crippen molar-refractivity contribution in [2.24, 2.45) is 0 Å². The largest absolute Gasteiger partial charge is 0.456 e. The van der Waals surface area contributed by atoms with Crippen LogP contribution in [0.15, 0.2) is 126 Å². The molecule has 0 saturated heterocycles. The molecule has 0 spiro atoms. The Hall–Kier alpha value is -5.10. The van der Waals surface area contributed by atoms with Gasteiger partial charge in [0.05, 0.1) is 42.7 Å². The minimum absolute atomic E-state index is 0.653. The molecular formula is C37H20ClN3OS. The van der Waals surface area contributed by atoms with Gasteiger partial charge in [-0.3, -0.25) is 4.57 Å². The fraction of sp³-hybridized carbons (Fsp3) is 0. The molecule has 0 saturated carbocycles. The van der Waals surface area contributed by atoms with Crippen LogP contribution in [-0.4, -0.2) is 14.1 Å². The SMILES string of the molecule is Clc1cc2oc3ccccc3c2c2nc(-n3c4ccccc4c4cc(-n5c6ccccc6c6ccccc65)ccc43)sc12. The Morgan fingerprint density at radius 2 is 1.14 bits per heavy atom. The lowest BCUT2D eigenvalue weighted by molar-refractivity contribution is 0.669. The van der Waals surface area contributed by atoms with Crippen molar-refractivity contribution in [2.75, 3.05) is 0 Å². The highest BCUT2D eigenvalue weighted by atomic mass is 35.5. The van der Waals surface area contributed by atoms with Crippen LogP contribution >= 0.6 is 22.9 Å². The second-order valence-electron chi connectivity index (χ2n) is 10.9. The number of thiazole rings is 1. The Balaban J connectivity index is 1.27. The monoisotopic (exact) mass is 589 g/mol. The van der Waals surface area contributed by atoms with Crippen LogP contribution in [0, 0.1) is 0 Å². The van der Waals surface area contributed by atoms with Gasteiger partial charge in [0, 0.05) is 38.7 Å². The molecule has 0 radical (unpaired) electrons. The van der Waals surface area contributed by atoms with Crippen molar-refractivity contribution in [1.82, 2.24) is 14.1 Å². The quantitative estimate of drug-likeness (QED) is 0.201. The molecule has 0 N–H and O–H groups in total. The van der Waals surface area contributed by atoms with E-state index < -0.39 is 0 Å². The minimum atomic E-state index is 0.653. The van der Waals surface area contributed by atoms with E-state index in [-0.39, 0.29) is 0 Å². The maximum atomic E-state index is 6.85. The van der Waals surface area contributed by atoms with E-state index >= 15 is 0 Å². The minimum Gasteiger partial charge on any atom is -0.456 e. The van der Waals surface area contributed by atoms with Crippen molar-refractivity contribution in [3.05, 3.63) is 126 Å². The Bertz CT molecular complexity index is 2710. The summed E-state index contributed by atoms with van der Waals surface area (Å²) >= 11 is 8.46. The number of furan rings is 1. The van der Waals surface area contributed by atoms with E-state index in [1.54, 1.807) is 11.3 Å². The fourth-order valence-electron chi connectivity index (χ4n) is 6.83. The first-order valence-corrected chi connectivity index (χ1v) is 15.4. The molecule has 0 amide bonds. The number of aromatic nitrogens is 3. The van der Waals surface area contributed by atoms with Gasteiger partial charge < -0.3 is 8.98 Å². The average molecular weight is 590 g/mol. The van der Waals surface area contributed by atoms with E-state index in [0.29, 0.717) is 5.02 Å². The predicted octanol–water partition coefficient (Wildman–Crippen LogP) is 11.0. The molecule has 10 aromatic rings. The lowest BCUT2D eigenvalue weighted by atomic mass is 10.1. The summed E-state index contributed by atoms with van der Waals surface area (Å²) in [6.45, 7) is 0. The van der Waals surface area contributed by atoms with E-state index in [4.69, 9.17) is 21.0 Å². The Labute approximate surface area is 253 Å². The third kappa shape index (κ3) is 3.13. The molecule has 10 rings (SSSR count). The highest BCUT2D eigenvalue weighted by molar-refractivity contribution is 7.21. The number of hydrogen-bond acceptors (Lipinski definition) is 3. The van der Waals surface area contributed by atoms with E-state index in [1.165, 1.54) is 32.6 Å². The van der Waals surface area contributed by atoms with E-state index in [1.807, 2.05) is 24.3 Å². The van der Waals surface area contributed by atoms with Gasteiger partial charge in [0.25, 0.3) is 0 Å². The van der Waals surface area contributed by atoms with Gasteiger partial charge in [-0.1, -0.05) is 95.7 Å². The summed E-state index contributed by atoms with van der Waals surface area (Å²) in [5, 5.41) is 8.46. The van der Waals surface area contributed by atoms with Crippen molar-refractivity contribution < 1.29 is 4.42 Å². The van der Waals surface area contributed by atoms with Crippen LogP contribution in [-0.2, 0) is 0 Å². The Morgan fingerprint density at radius 3 is 1.86 bits per heavy atom. The third-order valence-corrected chi connectivity index (χ3v) is 10.1. The van der Waals surface area contributed by atoms with Gasteiger partial charge in [0.1, 0.15) is 11.2 Å². The number of hydrogen-bond donors (Lipinski definition) is 0. The molecule has 0 aliphatic carbocycles. The van der Waals surface area contributed by atoms with Gasteiger partial charge in [-0.25, -0.2) is 4.98 Å². The van der Waals surface area contributed by atoms with Crippen LogP contribution in [0.1, 0.15) is 0 Å². The maximum Gasteiger partial charge on any atom is 0.195 e. The standard InChI is InChI=1S/C37H20ClN3OS/c38-27-20-33-34(25-12-4-8-16-32(25)42-33)35-36(27)43-37(39-35)41-30-15-7-3-11-24(30)26-19-21(17-18-31(26)41)40-28-13-5-1-9-22(28)23-10-2-6-14-29(23)40/h1-20H. The molecule has 43 heavy (non-hydrogen) atoms. The second kappa shape index (κ2) is 8.48. The van der Waals surface area contributed by atoms with Crippen LogP contribution in [0.4, 0.5) is 0 Å². The zero-order chi connectivity index (χ0) is 28.2. The van der Waals surface area contributed by atoms with Crippen molar-refractivity contribution in [3.63, 3.8) is 0 Å². The van der Waals surface area contributed by atoms with Crippen LogP contribution < -0.4 is 0 Å². The maximum absolute atomic E-state index is 6.85. The number of fused-ring (bicyclic) bond motifs is 11. The summed E-state index contributed by atoms with van der Waals surface area (Å²) < 4.78 is 11.8. The Kier molecular flexibility index (Phi) is 4.63. The average Bonchev–Trinajstić information content (AvgIpc) is 3.80. The summed E-state index contributed by atoms with van der Waals surface area (Å²) in [4.78, 5) is 5.25. The number of rotatable bonds is 2. The molecule has 6 aromatic carbocycles. The first-order valence-electron chi connectivity index (χ1n) is 14.2. The smallest absolute Gasteiger partial charge is 0.195 e.